The summed E-state index contributed by atoms with van der Waals surface area (Å²) in [5, 5.41) is 0. The highest BCUT2D eigenvalue weighted by molar-refractivity contribution is 5.28. The molecule has 0 atom stereocenters. The van der Waals surface area contributed by atoms with Gasteiger partial charge in [-0.05, 0) is 42.2 Å². The molecule has 0 spiro atoms. The van der Waals surface area contributed by atoms with E-state index >= 15 is 0 Å². The lowest BCUT2D eigenvalue weighted by Crippen LogP contribution is -2.10. The Kier molecular flexibility index (Phi) is 2.15. The van der Waals surface area contributed by atoms with Crippen LogP contribution in [0.25, 0.3) is 0 Å². The van der Waals surface area contributed by atoms with Crippen molar-refractivity contribution in [1.29, 1.82) is 0 Å². The molecule has 13 heavy (non-hydrogen) atoms. The number of fused-ring (bicyclic) bond motifs is 1. The summed E-state index contributed by atoms with van der Waals surface area (Å²) in [6.07, 6.45) is 5.21. The molecule has 0 amide bonds. The van der Waals surface area contributed by atoms with Crippen molar-refractivity contribution >= 4 is 0 Å². The fourth-order valence-electron chi connectivity index (χ4n) is 2.12. The van der Waals surface area contributed by atoms with E-state index in [-0.39, 0.29) is 0 Å². The smallest absolute Gasteiger partial charge is 0.0271 e. The second-order valence-corrected chi connectivity index (χ2v) is 4.93. The predicted molar refractivity (Wildman–Crippen MR) is 56.9 cm³/mol. The number of benzene rings is 1. The lowest BCUT2D eigenvalue weighted by atomic mass is 9.85. The van der Waals surface area contributed by atoms with Gasteiger partial charge in [0.25, 0.3) is 0 Å². The van der Waals surface area contributed by atoms with Crippen LogP contribution in [0, 0.1) is 5.41 Å². The van der Waals surface area contributed by atoms with Gasteiger partial charge in [-0.2, -0.15) is 0 Å². The van der Waals surface area contributed by atoms with Gasteiger partial charge in [0.05, 0.1) is 0 Å². The van der Waals surface area contributed by atoms with E-state index in [2.05, 4.69) is 38.1 Å². The Morgan fingerprint density at radius 3 is 1.85 bits per heavy atom. The van der Waals surface area contributed by atoms with Crippen LogP contribution in [-0.4, -0.2) is 0 Å². The normalized spacial score (nSPS) is 20.5. The molecule has 0 radical (unpaired) electrons. The average Bonchev–Trinajstić information content (AvgIpc) is 2.27. The first-order valence-corrected chi connectivity index (χ1v) is 5.24. The van der Waals surface area contributed by atoms with Gasteiger partial charge >= 0.3 is 0 Å². The van der Waals surface area contributed by atoms with Crippen LogP contribution in [0.2, 0.25) is 0 Å². The van der Waals surface area contributed by atoms with E-state index in [0.29, 0.717) is 5.41 Å². The number of rotatable bonds is 0. The molecule has 0 nitrogen and oxygen atoms in total. The topological polar surface area (TPSA) is 0 Å². The molecule has 0 unspecified atom stereocenters. The third-order valence-electron chi connectivity index (χ3n) is 3.26. The first kappa shape index (κ1) is 8.80. The molecular formula is C13H18. The molecule has 0 heterocycles. The van der Waals surface area contributed by atoms with Gasteiger partial charge < -0.3 is 0 Å². The molecule has 0 aliphatic heterocycles. The van der Waals surface area contributed by atoms with E-state index in [9.17, 15) is 0 Å². The molecule has 0 heteroatoms. The van der Waals surface area contributed by atoms with Crippen LogP contribution in [0.15, 0.2) is 24.3 Å². The first-order chi connectivity index (χ1) is 6.17. The van der Waals surface area contributed by atoms with Crippen LogP contribution in [0.4, 0.5) is 0 Å². The van der Waals surface area contributed by atoms with Gasteiger partial charge in [0.15, 0.2) is 0 Å². The highest BCUT2D eigenvalue weighted by Crippen LogP contribution is 2.33. The molecule has 70 valence electrons. The van der Waals surface area contributed by atoms with Gasteiger partial charge in [-0.3, -0.25) is 0 Å². The van der Waals surface area contributed by atoms with Crippen molar-refractivity contribution in [1.82, 2.24) is 0 Å². The van der Waals surface area contributed by atoms with Crippen molar-refractivity contribution in [3.8, 4) is 0 Å². The van der Waals surface area contributed by atoms with Crippen LogP contribution in [0.1, 0.15) is 37.8 Å². The van der Waals surface area contributed by atoms with Crippen LogP contribution < -0.4 is 0 Å². The van der Waals surface area contributed by atoms with Crippen molar-refractivity contribution in [2.75, 3.05) is 0 Å². The zero-order chi connectivity index (χ0) is 9.31. The molecule has 0 bridgehead atoms. The van der Waals surface area contributed by atoms with Crippen LogP contribution in [-0.2, 0) is 12.8 Å². The van der Waals surface area contributed by atoms with Crippen molar-refractivity contribution < 1.29 is 0 Å². The molecule has 0 saturated carbocycles. The molecule has 2 rings (SSSR count). The Balaban J connectivity index is 2.27. The summed E-state index contributed by atoms with van der Waals surface area (Å²) in [5.41, 5.74) is 3.69. The maximum absolute atomic E-state index is 2.39. The largest absolute Gasteiger partial charge is 0.0620 e. The summed E-state index contributed by atoms with van der Waals surface area (Å²) in [7, 11) is 0. The van der Waals surface area contributed by atoms with Crippen molar-refractivity contribution in [3.05, 3.63) is 35.4 Å². The second-order valence-electron chi connectivity index (χ2n) is 4.93. The minimum Gasteiger partial charge on any atom is -0.0620 e. The number of hydrogen-bond acceptors (Lipinski definition) is 0. The maximum atomic E-state index is 2.39. The summed E-state index contributed by atoms with van der Waals surface area (Å²) < 4.78 is 0. The summed E-state index contributed by atoms with van der Waals surface area (Å²) in [5.74, 6) is 0. The minimum absolute atomic E-state index is 0.541. The van der Waals surface area contributed by atoms with E-state index in [1.165, 1.54) is 25.7 Å². The summed E-state index contributed by atoms with van der Waals surface area (Å²) >= 11 is 0. The molecule has 0 aromatic heterocycles. The summed E-state index contributed by atoms with van der Waals surface area (Å²) in [6, 6.07) is 8.90. The molecule has 0 fully saturated rings. The predicted octanol–water partition coefficient (Wildman–Crippen LogP) is 3.59. The first-order valence-electron chi connectivity index (χ1n) is 5.24. The van der Waals surface area contributed by atoms with Crippen LogP contribution >= 0.6 is 0 Å². The molecule has 1 aromatic rings. The highest BCUT2D eigenvalue weighted by atomic mass is 14.3. The van der Waals surface area contributed by atoms with Crippen molar-refractivity contribution in [3.63, 3.8) is 0 Å². The third kappa shape index (κ3) is 1.93. The second kappa shape index (κ2) is 3.17. The van der Waals surface area contributed by atoms with Gasteiger partial charge in [-0.25, -0.2) is 0 Å². The molecule has 0 N–H and O–H groups in total. The lowest BCUT2D eigenvalue weighted by Gasteiger charge is -2.21. The van der Waals surface area contributed by atoms with Crippen LogP contribution in [0.3, 0.4) is 0 Å². The van der Waals surface area contributed by atoms with Crippen molar-refractivity contribution in [2.45, 2.75) is 39.5 Å². The van der Waals surface area contributed by atoms with E-state index in [0.717, 1.165) is 0 Å². The Morgan fingerprint density at radius 2 is 1.38 bits per heavy atom. The molecule has 1 aromatic carbocycles. The highest BCUT2D eigenvalue weighted by Gasteiger charge is 2.21. The van der Waals surface area contributed by atoms with Crippen LogP contribution in [0.5, 0.6) is 0 Å². The maximum Gasteiger partial charge on any atom is -0.0271 e. The van der Waals surface area contributed by atoms with E-state index in [1.807, 2.05) is 0 Å². The Bertz CT molecular complexity index is 268. The van der Waals surface area contributed by atoms with Gasteiger partial charge in [-0.15, -0.1) is 0 Å². The minimum atomic E-state index is 0.541. The van der Waals surface area contributed by atoms with Gasteiger partial charge in [0.2, 0.25) is 0 Å². The Labute approximate surface area is 81.0 Å². The molecule has 1 aliphatic carbocycles. The molecule has 1 aliphatic rings. The zero-order valence-corrected chi connectivity index (χ0v) is 8.64. The molecular weight excluding hydrogens is 156 g/mol. The quantitative estimate of drug-likeness (QED) is 0.527. The van der Waals surface area contributed by atoms with Gasteiger partial charge in [0.1, 0.15) is 0 Å². The van der Waals surface area contributed by atoms with Gasteiger partial charge in [-0.1, -0.05) is 38.1 Å². The monoisotopic (exact) mass is 174 g/mol. The lowest BCUT2D eigenvalue weighted by molar-refractivity contribution is 0.317. The van der Waals surface area contributed by atoms with E-state index < -0.39 is 0 Å². The fraction of sp³-hybridized carbons (Fsp3) is 0.538. The fourth-order valence-corrected chi connectivity index (χ4v) is 2.12. The van der Waals surface area contributed by atoms with E-state index in [4.69, 9.17) is 0 Å². The number of hydrogen-bond donors (Lipinski definition) is 0. The Morgan fingerprint density at radius 1 is 0.923 bits per heavy atom. The summed E-state index contributed by atoms with van der Waals surface area (Å²) in [4.78, 5) is 0. The number of aryl methyl sites for hydroxylation is 2. The standard InChI is InChI=1S/C13H18/c1-13(2)9-7-11-5-3-4-6-12(11)8-10-13/h3-6H,7-10H2,1-2H3. The summed E-state index contributed by atoms with van der Waals surface area (Å²) in [6.45, 7) is 4.78. The third-order valence-corrected chi connectivity index (χ3v) is 3.26. The zero-order valence-electron chi connectivity index (χ0n) is 8.64. The van der Waals surface area contributed by atoms with Crippen molar-refractivity contribution in [2.24, 2.45) is 5.41 Å². The molecule has 0 saturated heterocycles. The SMILES string of the molecule is CC1(C)CCc2ccccc2CC1. The van der Waals surface area contributed by atoms with E-state index in [1.54, 1.807) is 11.1 Å². The average molecular weight is 174 g/mol. The Hall–Kier alpha value is -0.780. The van der Waals surface area contributed by atoms with Gasteiger partial charge in [0, 0.05) is 0 Å².